The molecule has 7 heteroatoms. The molecule has 7 nitrogen and oxygen atoms in total. The summed E-state index contributed by atoms with van der Waals surface area (Å²) in [5.41, 5.74) is 3.86. The molecule has 2 aliphatic heterocycles. The van der Waals surface area contributed by atoms with Crippen molar-refractivity contribution in [2.75, 3.05) is 19.7 Å². The van der Waals surface area contributed by atoms with Gasteiger partial charge in [0.2, 0.25) is 5.82 Å². The minimum atomic E-state index is 0.0772. The second kappa shape index (κ2) is 8.39. The lowest BCUT2D eigenvalue weighted by Crippen LogP contribution is -2.44. The SMILES string of the molecule is c1ccc([C@@H]2C[C@H]2NC2COC3(CCN(Cc4ccc(-c5nn[nH]n5)cc4)CC3)C2)cc1. The molecule has 1 unspecified atom stereocenters. The molecule has 3 heterocycles. The highest BCUT2D eigenvalue weighted by Gasteiger charge is 2.46. The summed E-state index contributed by atoms with van der Waals surface area (Å²) >= 11 is 0. The van der Waals surface area contributed by atoms with E-state index in [2.05, 4.69) is 85.4 Å². The predicted octanol–water partition coefficient (Wildman–Crippen LogP) is 3.14. The Kier molecular flexibility index (Phi) is 5.25. The Morgan fingerprint density at radius 2 is 1.88 bits per heavy atom. The lowest BCUT2D eigenvalue weighted by molar-refractivity contribution is -0.0449. The molecule has 1 saturated carbocycles. The van der Waals surface area contributed by atoms with Gasteiger partial charge in [0.05, 0.1) is 12.2 Å². The Hall–Kier alpha value is -2.61. The molecule has 2 N–H and O–H groups in total. The number of likely N-dealkylation sites (tertiary alicyclic amines) is 1. The van der Waals surface area contributed by atoms with Crippen LogP contribution in [0.1, 0.15) is 42.7 Å². The lowest BCUT2D eigenvalue weighted by atomic mass is 9.87. The van der Waals surface area contributed by atoms with E-state index in [1.165, 1.54) is 17.5 Å². The Balaban J connectivity index is 0.979. The van der Waals surface area contributed by atoms with Crippen molar-refractivity contribution in [2.45, 2.75) is 55.8 Å². The Morgan fingerprint density at radius 1 is 1.06 bits per heavy atom. The molecule has 3 fully saturated rings. The van der Waals surface area contributed by atoms with Gasteiger partial charge in [-0.15, -0.1) is 10.2 Å². The third kappa shape index (κ3) is 4.20. The predicted molar refractivity (Wildman–Crippen MR) is 122 cm³/mol. The molecular weight excluding hydrogens is 400 g/mol. The van der Waals surface area contributed by atoms with E-state index >= 15 is 0 Å². The molecule has 3 atom stereocenters. The Labute approximate surface area is 188 Å². The maximum Gasteiger partial charge on any atom is 0.204 e. The van der Waals surface area contributed by atoms with E-state index < -0.39 is 0 Å². The monoisotopic (exact) mass is 430 g/mol. The minimum Gasteiger partial charge on any atom is -0.373 e. The fourth-order valence-corrected chi connectivity index (χ4v) is 5.47. The first kappa shape index (κ1) is 20.0. The van der Waals surface area contributed by atoms with Gasteiger partial charge in [-0.2, -0.15) is 5.21 Å². The van der Waals surface area contributed by atoms with Gasteiger partial charge in [0, 0.05) is 43.2 Å². The van der Waals surface area contributed by atoms with Crippen LogP contribution < -0.4 is 5.32 Å². The molecule has 0 radical (unpaired) electrons. The summed E-state index contributed by atoms with van der Waals surface area (Å²) in [6.45, 7) is 4.02. The van der Waals surface area contributed by atoms with Crippen LogP contribution in [0.25, 0.3) is 11.4 Å². The number of benzene rings is 2. The van der Waals surface area contributed by atoms with Gasteiger partial charge in [-0.05, 0) is 42.0 Å². The molecule has 166 valence electrons. The fraction of sp³-hybridized carbons (Fsp3) is 0.480. The molecule has 6 rings (SSSR count). The summed E-state index contributed by atoms with van der Waals surface area (Å²) < 4.78 is 6.41. The molecule has 2 saturated heterocycles. The molecule has 3 aliphatic rings. The molecule has 0 bridgehead atoms. The summed E-state index contributed by atoms with van der Waals surface area (Å²) in [6.07, 6.45) is 4.66. The zero-order valence-electron chi connectivity index (χ0n) is 18.3. The van der Waals surface area contributed by atoms with Crippen LogP contribution in [0.5, 0.6) is 0 Å². The quantitative estimate of drug-likeness (QED) is 0.626. The number of rotatable bonds is 6. The van der Waals surface area contributed by atoms with Crippen molar-refractivity contribution in [3.8, 4) is 11.4 Å². The zero-order valence-corrected chi connectivity index (χ0v) is 18.3. The lowest BCUT2D eigenvalue weighted by Gasteiger charge is -2.38. The van der Waals surface area contributed by atoms with Gasteiger partial charge >= 0.3 is 0 Å². The highest BCUT2D eigenvalue weighted by molar-refractivity contribution is 5.54. The van der Waals surface area contributed by atoms with E-state index in [0.29, 0.717) is 23.8 Å². The summed E-state index contributed by atoms with van der Waals surface area (Å²) in [5.74, 6) is 1.32. The minimum absolute atomic E-state index is 0.0772. The van der Waals surface area contributed by atoms with Crippen molar-refractivity contribution >= 4 is 0 Å². The number of aromatic amines is 1. The van der Waals surface area contributed by atoms with E-state index in [1.807, 2.05) is 0 Å². The number of nitrogens with one attached hydrogen (secondary N) is 2. The van der Waals surface area contributed by atoms with E-state index in [9.17, 15) is 0 Å². The smallest absolute Gasteiger partial charge is 0.204 e. The largest absolute Gasteiger partial charge is 0.373 e. The molecule has 32 heavy (non-hydrogen) atoms. The summed E-state index contributed by atoms with van der Waals surface area (Å²) in [4.78, 5) is 2.55. The van der Waals surface area contributed by atoms with Crippen LogP contribution in [0.4, 0.5) is 0 Å². The third-order valence-electron chi connectivity index (χ3n) is 7.41. The number of tetrazole rings is 1. The van der Waals surface area contributed by atoms with E-state index in [0.717, 1.165) is 51.1 Å². The van der Waals surface area contributed by atoms with Crippen LogP contribution in [-0.4, -0.2) is 62.9 Å². The van der Waals surface area contributed by atoms with Gasteiger partial charge in [-0.3, -0.25) is 4.90 Å². The van der Waals surface area contributed by atoms with Gasteiger partial charge in [0.1, 0.15) is 0 Å². The van der Waals surface area contributed by atoms with Crippen molar-refractivity contribution in [1.82, 2.24) is 30.8 Å². The summed E-state index contributed by atoms with van der Waals surface area (Å²) in [5, 5.41) is 18.1. The van der Waals surface area contributed by atoms with Crippen LogP contribution in [-0.2, 0) is 11.3 Å². The first-order valence-electron chi connectivity index (χ1n) is 11.8. The van der Waals surface area contributed by atoms with Gasteiger partial charge < -0.3 is 10.1 Å². The van der Waals surface area contributed by atoms with Crippen LogP contribution in [0.2, 0.25) is 0 Å². The van der Waals surface area contributed by atoms with Gasteiger partial charge in [0.25, 0.3) is 0 Å². The second-order valence-electron chi connectivity index (χ2n) is 9.63. The third-order valence-corrected chi connectivity index (χ3v) is 7.41. The number of ether oxygens (including phenoxy) is 1. The first-order chi connectivity index (χ1) is 15.8. The van der Waals surface area contributed by atoms with Crippen molar-refractivity contribution < 1.29 is 4.74 Å². The average molecular weight is 431 g/mol. The van der Waals surface area contributed by atoms with E-state index in [4.69, 9.17) is 4.74 Å². The summed E-state index contributed by atoms with van der Waals surface area (Å²) in [6, 6.07) is 20.5. The molecule has 3 aromatic rings. The van der Waals surface area contributed by atoms with Crippen LogP contribution in [0.3, 0.4) is 0 Å². The molecule has 0 amide bonds. The van der Waals surface area contributed by atoms with E-state index in [1.54, 1.807) is 0 Å². The number of piperidine rings is 1. The average Bonchev–Trinajstić information content (AvgIpc) is 3.20. The highest BCUT2D eigenvalue weighted by atomic mass is 16.5. The van der Waals surface area contributed by atoms with Crippen molar-refractivity contribution in [1.29, 1.82) is 0 Å². The fourth-order valence-electron chi connectivity index (χ4n) is 5.47. The number of aromatic nitrogens is 4. The number of nitrogens with zero attached hydrogens (tertiary/aromatic N) is 4. The molecule has 2 aromatic carbocycles. The standard InChI is InChI=1S/C25H30N6O/c1-2-4-19(5-3-1)22-14-23(22)26-21-15-25(32-17-21)10-12-31(13-11-25)16-18-6-8-20(9-7-18)24-27-29-30-28-24/h1-9,21-23,26H,10-17H2,(H,27,28,29,30)/t21?,22-,23+/m0/s1. The second-order valence-corrected chi connectivity index (χ2v) is 9.63. The topological polar surface area (TPSA) is 79.0 Å². The molecular formula is C25H30N6O. The normalized spacial score (nSPS) is 27.1. The van der Waals surface area contributed by atoms with Crippen LogP contribution >= 0.6 is 0 Å². The number of hydrogen-bond donors (Lipinski definition) is 2. The molecule has 1 spiro atoms. The van der Waals surface area contributed by atoms with Gasteiger partial charge in [-0.25, -0.2) is 0 Å². The number of hydrogen-bond acceptors (Lipinski definition) is 6. The maximum absolute atomic E-state index is 6.41. The van der Waals surface area contributed by atoms with Crippen molar-refractivity contribution in [2.24, 2.45) is 0 Å². The van der Waals surface area contributed by atoms with Crippen molar-refractivity contribution in [3.63, 3.8) is 0 Å². The Bertz CT molecular complexity index is 1010. The van der Waals surface area contributed by atoms with Crippen molar-refractivity contribution in [3.05, 3.63) is 65.7 Å². The van der Waals surface area contributed by atoms with Crippen LogP contribution in [0, 0.1) is 0 Å². The maximum atomic E-state index is 6.41. The first-order valence-corrected chi connectivity index (χ1v) is 11.8. The zero-order chi connectivity index (χ0) is 21.4. The Morgan fingerprint density at radius 3 is 2.62 bits per heavy atom. The van der Waals surface area contributed by atoms with Gasteiger partial charge in [-0.1, -0.05) is 54.6 Å². The molecule has 1 aromatic heterocycles. The van der Waals surface area contributed by atoms with Gasteiger partial charge in [0.15, 0.2) is 0 Å². The number of H-pyrrole nitrogens is 1. The summed E-state index contributed by atoms with van der Waals surface area (Å²) in [7, 11) is 0. The highest BCUT2D eigenvalue weighted by Crippen LogP contribution is 2.43. The molecule has 1 aliphatic carbocycles. The van der Waals surface area contributed by atoms with Crippen LogP contribution in [0.15, 0.2) is 54.6 Å². The van der Waals surface area contributed by atoms with E-state index in [-0.39, 0.29) is 5.60 Å².